The second-order valence-corrected chi connectivity index (χ2v) is 6.86. The van der Waals surface area contributed by atoms with E-state index < -0.39 is 0 Å². The summed E-state index contributed by atoms with van der Waals surface area (Å²) in [5.41, 5.74) is 1.91. The van der Waals surface area contributed by atoms with Crippen LogP contribution in [0.2, 0.25) is 5.02 Å². The van der Waals surface area contributed by atoms with Gasteiger partial charge in [0.25, 0.3) is 0 Å². The topological polar surface area (TPSA) is 24.9 Å². The zero-order valence-corrected chi connectivity index (χ0v) is 13.9. The molecule has 3 aromatic rings. The lowest BCUT2D eigenvalue weighted by atomic mass is 10.1. The van der Waals surface area contributed by atoms with Crippen molar-refractivity contribution in [3.63, 3.8) is 0 Å². The number of benzene rings is 1. The molecular formula is C15H12BrClN2S. The van der Waals surface area contributed by atoms with Gasteiger partial charge < -0.3 is 5.32 Å². The second kappa shape index (κ2) is 5.72. The van der Waals surface area contributed by atoms with Crippen LogP contribution in [0.25, 0.3) is 10.9 Å². The predicted molar refractivity (Wildman–Crippen MR) is 90.8 cm³/mol. The van der Waals surface area contributed by atoms with Crippen molar-refractivity contribution < 1.29 is 0 Å². The number of anilines is 1. The van der Waals surface area contributed by atoms with Crippen molar-refractivity contribution in [2.45, 2.75) is 13.0 Å². The number of nitrogens with zero attached hydrogens (tertiary/aromatic N) is 1. The van der Waals surface area contributed by atoms with Crippen molar-refractivity contribution in [3.8, 4) is 0 Å². The van der Waals surface area contributed by atoms with Gasteiger partial charge in [0.15, 0.2) is 0 Å². The third-order valence-electron chi connectivity index (χ3n) is 3.06. The Bertz CT molecular complexity index is 756. The molecule has 2 aromatic heterocycles. The molecule has 2 heterocycles. The number of thiophene rings is 1. The first-order valence-electron chi connectivity index (χ1n) is 6.18. The monoisotopic (exact) mass is 366 g/mol. The molecule has 20 heavy (non-hydrogen) atoms. The average molecular weight is 368 g/mol. The lowest BCUT2D eigenvalue weighted by Crippen LogP contribution is -2.05. The summed E-state index contributed by atoms with van der Waals surface area (Å²) in [5.74, 6) is 0. The van der Waals surface area contributed by atoms with E-state index >= 15 is 0 Å². The first-order chi connectivity index (χ1) is 9.63. The molecule has 102 valence electrons. The number of nitrogens with one attached hydrogen (secondary N) is 1. The van der Waals surface area contributed by atoms with Crippen molar-refractivity contribution >= 4 is 55.5 Å². The van der Waals surface area contributed by atoms with Crippen LogP contribution in [0.1, 0.15) is 17.8 Å². The molecule has 0 amide bonds. The number of aromatic nitrogens is 1. The van der Waals surface area contributed by atoms with Gasteiger partial charge in [0, 0.05) is 31.3 Å². The number of rotatable bonds is 3. The van der Waals surface area contributed by atoms with Gasteiger partial charge in [0.2, 0.25) is 0 Å². The minimum atomic E-state index is 0.204. The van der Waals surface area contributed by atoms with E-state index in [2.05, 4.69) is 44.6 Å². The minimum Gasteiger partial charge on any atom is -0.376 e. The maximum Gasteiger partial charge on any atom is 0.0934 e. The normalized spacial score (nSPS) is 12.6. The van der Waals surface area contributed by atoms with Crippen LogP contribution in [0.3, 0.4) is 0 Å². The summed E-state index contributed by atoms with van der Waals surface area (Å²) in [6.07, 6.45) is 1.80. The van der Waals surface area contributed by atoms with Crippen molar-refractivity contribution in [2.24, 2.45) is 0 Å². The van der Waals surface area contributed by atoms with Crippen molar-refractivity contribution in [3.05, 3.63) is 56.3 Å². The molecular weight excluding hydrogens is 356 g/mol. The first-order valence-corrected chi connectivity index (χ1v) is 8.23. The minimum absolute atomic E-state index is 0.204. The Hall–Kier alpha value is -1.10. The Kier molecular flexibility index (Phi) is 3.96. The van der Waals surface area contributed by atoms with Crippen LogP contribution in [0.4, 0.5) is 5.69 Å². The average Bonchev–Trinajstić information content (AvgIpc) is 2.85. The Morgan fingerprint density at radius 3 is 2.95 bits per heavy atom. The Balaban J connectivity index is 1.98. The third-order valence-corrected chi connectivity index (χ3v) is 5.15. The largest absolute Gasteiger partial charge is 0.376 e. The van der Waals surface area contributed by atoms with Crippen molar-refractivity contribution in [1.29, 1.82) is 0 Å². The summed E-state index contributed by atoms with van der Waals surface area (Å²) in [7, 11) is 0. The molecule has 0 aliphatic heterocycles. The van der Waals surface area contributed by atoms with Gasteiger partial charge in [-0.1, -0.05) is 17.7 Å². The van der Waals surface area contributed by atoms with E-state index in [4.69, 9.17) is 11.6 Å². The van der Waals surface area contributed by atoms with Gasteiger partial charge in [-0.2, -0.15) is 0 Å². The summed E-state index contributed by atoms with van der Waals surface area (Å²) in [6.45, 7) is 2.13. The lowest BCUT2D eigenvalue weighted by Gasteiger charge is -2.15. The molecule has 0 spiro atoms. The summed E-state index contributed by atoms with van der Waals surface area (Å²) in [5, 5.41) is 7.34. The van der Waals surface area contributed by atoms with Gasteiger partial charge >= 0.3 is 0 Å². The highest BCUT2D eigenvalue weighted by atomic mass is 79.9. The number of pyridine rings is 1. The highest BCUT2D eigenvalue weighted by molar-refractivity contribution is 9.10. The summed E-state index contributed by atoms with van der Waals surface area (Å²) in [4.78, 5) is 5.71. The fourth-order valence-electron chi connectivity index (χ4n) is 2.13. The van der Waals surface area contributed by atoms with Crippen LogP contribution in [0.5, 0.6) is 0 Å². The quantitative estimate of drug-likeness (QED) is 0.624. The SMILES string of the molecule is CC(Nc1cc(Cl)cc2cccnc12)c1cc(Br)cs1. The Morgan fingerprint density at radius 1 is 1.35 bits per heavy atom. The fraction of sp³-hybridized carbons (Fsp3) is 0.133. The summed E-state index contributed by atoms with van der Waals surface area (Å²) >= 11 is 11.4. The molecule has 0 saturated carbocycles. The zero-order valence-electron chi connectivity index (χ0n) is 10.7. The number of fused-ring (bicyclic) bond motifs is 1. The van der Waals surface area contributed by atoms with Gasteiger partial charge in [-0.15, -0.1) is 11.3 Å². The Labute approximate surface area is 134 Å². The van der Waals surface area contributed by atoms with Gasteiger partial charge in [0.1, 0.15) is 0 Å². The molecule has 0 bridgehead atoms. The van der Waals surface area contributed by atoms with E-state index in [0.29, 0.717) is 5.02 Å². The van der Waals surface area contributed by atoms with Crippen LogP contribution in [0, 0.1) is 0 Å². The van der Waals surface area contributed by atoms with Crippen LogP contribution < -0.4 is 5.32 Å². The molecule has 2 nitrogen and oxygen atoms in total. The van der Waals surface area contributed by atoms with Gasteiger partial charge in [-0.3, -0.25) is 4.98 Å². The van der Waals surface area contributed by atoms with E-state index in [1.54, 1.807) is 17.5 Å². The summed E-state index contributed by atoms with van der Waals surface area (Å²) < 4.78 is 1.11. The highest BCUT2D eigenvalue weighted by Gasteiger charge is 2.11. The molecule has 3 rings (SSSR count). The molecule has 0 fully saturated rings. The van der Waals surface area contributed by atoms with E-state index in [9.17, 15) is 0 Å². The molecule has 1 aromatic carbocycles. The molecule has 1 unspecified atom stereocenters. The maximum absolute atomic E-state index is 6.18. The summed E-state index contributed by atoms with van der Waals surface area (Å²) in [6, 6.07) is 10.1. The number of hydrogen-bond acceptors (Lipinski definition) is 3. The highest BCUT2D eigenvalue weighted by Crippen LogP contribution is 2.32. The molecule has 5 heteroatoms. The Morgan fingerprint density at radius 2 is 2.20 bits per heavy atom. The fourth-order valence-corrected chi connectivity index (χ4v) is 3.81. The standard InChI is InChI=1S/C15H12BrClN2S/c1-9(14-6-11(16)8-20-14)19-13-7-12(17)5-10-3-2-4-18-15(10)13/h2-9,19H,1H3. The van der Waals surface area contributed by atoms with Crippen LogP contribution in [-0.4, -0.2) is 4.98 Å². The second-order valence-electron chi connectivity index (χ2n) is 4.56. The molecule has 0 aliphatic carbocycles. The van der Waals surface area contributed by atoms with E-state index in [1.807, 2.05) is 24.3 Å². The van der Waals surface area contributed by atoms with Gasteiger partial charge in [-0.05, 0) is 47.1 Å². The van der Waals surface area contributed by atoms with Gasteiger partial charge in [0.05, 0.1) is 17.2 Å². The first kappa shape index (κ1) is 13.9. The smallest absolute Gasteiger partial charge is 0.0934 e. The lowest BCUT2D eigenvalue weighted by molar-refractivity contribution is 0.909. The zero-order chi connectivity index (χ0) is 14.1. The van der Waals surface area contributed by atoms with Crippen LogP contribution in [0.15, 0.2) is 46.4 Å². The third kappa shape index (κ3) is 2.82. The van der Waals surface area contributed by atoms with Crippen LogP contribution >= 0.6 is 38.9 Å². The molecule has 0 saturated heterocycles. The molecule has 1 N–H and O–H groups in total. The van der Waals surface area contributed by atoms with Gasteiger partial charge in [-0.25, -0.2) is 0 Å². The molecule has 0 aliphatic rings. The predicted octanol–water partition coefficient (Wildman–Crippen LogP) is 5.89. The van der Waals surface area contributed by atoms with Crippen LogP contribution in [-0.2, 0) is 0 Å². The molecule has 1 atom stereocenters. The number of hydrogen-bond donors (Lipinski definition) is 1. The van der Waals surface area contributed by atoms with E-state index in [0.717, 1.165) is 21.1 Å². The van der Waals surface area contributed by atoms with E-state index in [1.165, 1.54) is 4.88 Å². The van der Waals surface area contributed by atoms with Crippen molar-refractivity contribution in [2.75, 3.05) is 5.32 Å². The van der Waals surface area contributed by atoms with Crippen molar-refractivity contribution in [1.82, 2.24) is 4.98 Å². The van der Waals surface area contributed by atoms with E-state index in [-0.39, 0.29) is 6.04 Å². The molecule has 0 radical (unpaired) electrons. The number of halogens is 2. The maximum atomic E-state index is 6.18.